The number of aliphatic carboxylic acids is 1. The Labute approximate surface area is 147 Å². The van der Waals surface area contributed by atoms with E-state index < -0.39 is 11.4 Å². The van der Waals surface area contributed by atoms with Crippen LogP contribution >= 0.6 is 0 Å². The van der Waals surface area contributed by atoms with Crippen molar-refractivity contribution < 1.29 is 14.7 Å². The summed E-state index contributed by atoms with van der Waals surface area (Å²) in [6.07, 6.45) is 4.18. The van der Waals surface area contributed by atoms with Crippen LogP contribution in [0.4, 0.5) is 0 Å². The van der Waals surface area contributed by atoms with E-state index in [4.69, 9.17) is 5.11 Å². The topological polar surface area (TPSA) is 97.1 Å². The fraction of sp³-hybridized carbons (Fsp3) is 0.444. The predicted molar refractivity (Wildman–Crippen MR) is 92.7 cm³/mol. The van der Waals surface area contributed by atoms with E-state index in [-0.39, 0.29) is 19.0 Å². The Morgan fingerprint density at radius 2 is 1.96 bits per heavy atom. The van der Waals surface area contributed by atoms with Crippen molar-refractivity contribution >= 4 is 11.9 Å². The molecule has 2 aromatic rings. The second-order valence-electron chi connectivity index (χ2n) is 6.71. The Kier molecular flexibility index (Phi) is 6.27. The van der Waals surface area contributed by atoms with Gasteiger partial charge in [0, 0.05) is 5.41 Å². The van der Waals surface area contributed by atoms with Gasteiger partial charge in [0.1, 0.15) is 12.2 Å². The minimum atomic E-state index is -0.986. The average Bonchev–Trinajstić information content (AvgIpc) is 3.00. The lowest BCUT2D eigenvalue weighted by atomic mass is 9.85. The highest BCUT2D eigenvalue weighted by Crippen LogP contribution is 2.24. The summed E-state index contributed by atoms with van der Waals surface area (Å²) in [7, 11) is 0. The van der Waals surface area contributed by atoms with Gasteiger partial charge in [-0.3, -0.25) is 9.59 Å². The zero-order valence-corrected chi connectivity index (χ0v) is 14.6. The molecule has 25 heavy (non-hydrogen) atoms. The number of carbonyl (C=O) groups is 2. The van der Waals surface area contributed by atoms with Crippen molar-refractivity contribution in [2.24, 2.45) is 5.41 Å². The van der Waals surface area contributed by atoms with Crippen LogP contribution in [0.5, 0.6) is 0 Å². The van der Waals surface area contributed by atoms with Crippen molar-refractivity contribution in [1.29, 1.82) is 0 Å². The van der Waals surface area contributed by atoms with Crippen LogP contribution in [0.3, 0.4) is 0 Å². The van der Waals surface area contributed by atoms with Gasteiger partial charge in [-0.2, -0.15) is 0 Å². The number of aryl methyl sites for hydroxylation is 1. The normalized spacial score (nSPS) is 11.3. The van der Waals surface area contributed by atoms with Crippen LogP contribution in [0.1, 0.15) is 37.9 Å². The van der Waals surface area contributed by atoms with Gasteiger partial charge >= 0.3 is 5.97 Å². The molecule has 7 heteroatoms. The standard InChI is InChI=1S/C18H24N4O3/c1-18(2,10-6-9-14-7-4-3-5-8-14)17(25)19-11-15-12-22(21-20-15)13-16(23)24/h3-5,7-8,12H,6,9-11,13H2,1-2H3,(H,19,25)(H,23,24). The number of hydrogen-bond acceptors (Lipinski definition) is 4. The summed E-state index contributed by atoms with van der Waals surface area (Å²) in [5, 5.41) is 19.1. The molecule has 2 N–H and O–H groups in total. The Balaban J connectivity index is 1.78. The third-order valence-electron chi connectivity index (χ3n) is 4.04. The number of nitrogens with one attached hydrogen (secondary N) is 1. The van der Waals surface area contributed by atoms with E-state index in [2.05, 4.69) is 27.8 Å². The molecule has 0 spiro atoms. The molecule has 1 aromatic carbocycles. The lowest BCUT2D eigenvalue weighted by Gasteiger charge is -2.23. The Morgan fingerprint density at radius 1 is 1.24 bits per heavy atom. The first-order valence-electron chi connectivity index (χ1n) is 8.30. The second kappa shape index (κ2) is 8.41. The minimum Gasteiger partial charge on any atom is -0.480 e. The van der Waals surface area contributed by atoms with Gasteiger partial charge in [0.05, 0.1) is 12.7 Å². The van der Waals surface area contributed by atoms with Crippen LogP contribution in [-0.2, 0) is 29.1 Å². The van der Waals surface area contributed by atoms with E-state index >= 15 is 0 Å². The first-order chi connectivity index (χ1) is 11.9. The summed E-state index contributed by atoms with van der Waals surface area (Å²) in [5.74, 6) is -1.03. The molecule has 0 unspecified atom stereocenters. The van der Waals surface area contributed by atoms with Crippen LogP contribution in [0.25, 0.3) is 0 Å². The van der Waals surface area contributed by atoms with Gasteiger partial charge in [-0.1, -0.05) is 49.4 Å². The molecule has 0 saturated carbocycles. The van der Waals surface area contributed by atoms with E-state index in [1.54, 1.807) is 0 Å². The fourth-order valence-corrected chi connectivity index (χ4v) is 2.54. The molecule has 7 nitrogen and oxygen atoms in total. The highest BCUT2D eigenvalue weighted by molar-refractivity contribution is 5.81. The van der Waals surface area contributed by atoms with Gasteiger partial charge in [-0.25, -0.2) is 4.68 Å². The molecule has 1 amide bonds. The molecule has 0 aliphatic heterocycles. The minimum absolute atomic E-state index is 0.0478. The first-order valence-corrected chi connectivity index (χ1v) is 8.30. The average molecular weight is 344 g/mol. The Hall–Kier alpha value is -2.70. The van der Waals surface area contributed by atoms with Crippen LogP contribution in [0.2, 0.25) is 0 Å². The maximum atomic E-state index is 12.4. The van der Waals surface area contributed by atoms with Gasteiger partial charge in [-0.15, -0.1) is 5.10 Å². The fourth-order valence-electron chi connectivity index (χ4n) is 2.54. The van der Waals surface area contributed by atoms with Gasteiger partial charge < -0.3 is 10.4 Å². The smallest absolute Gasteiger partial charge is 0.325 e. The van der Waals surface area contributed by atoms with Crippen molar-refractivity contribution in [1.82, 2.24) is 20.3 Å². The molecule has 0 aliphatic rings. The van der Waals surface area contributed by atoms with Gasteiger partial charge in [0.15, 0.2) is 0 Å². The molecule has 0 fully saturated rings. The molecule has 0 bridgehead atoms. The molecule has 0 aliphatic carbocycles. The molecular weight excluding hydrogens is 320 g/mol. The van der Waals surface area contributed by atoms with E-state index in [0.29, 0.717) is 5.69 Å². The van der Waals surface area contributed by atoms with Crippen molar-refractivity contribution in [3.05, 3.63) is 47.8 Å². The van der Waals surface area contributed by atoms with Gasteiger partial charge in [-0.05, 0) is 24.8 Å². The number of amides is 1. The quantitative estimate of drug-likeness (QED) is 0.725. The lowest BCUT2D eigenvalue weighted by Crippen LogP contribution is -2.36. The highest BCUT2D eigenvalue weighted by atomic mass is 16.4. The molecule has 2 rings (SSSR count). The summed E-state index contributed by atoms with van der Waals surface area (Å²) >= 11 is 0. The third-order valence-corrected chi connectivity index (χ3v) is 4.04. The summed E-state index contributed by atoms with van der Waals surface area (Å²) in [6, 6.07) is 10.2. The number of aromatic nitrogens is 3. The van der Waals surface area contributed by atoms with Crippen molar-refractivity contribution in [2.45, 2.75) is 46.2 Å². The molecule has 0 atom stereocenters. The number of rotatable bonds is 9. The monoisotopic (exact) mass is 344 g/mol. The van der Waals surface area contributed by atoms with E-state index in [1.165, 1.54) is 16.4 Å². The summed E-state index contributed by atoms with van der Waals surface area (Å²) in [5.41, 5.74) is 1.33. The number of carboxylic acid groups (broad SMARTS) is 1. The molecule has 0 radical (unpaired) electrons. The van der Waals surface area contributed by atoms with Crippen LogP contribution in [0.15, 0.2) is 36.5 Å². The summed E-state index contributed by atoms with van der Waals surface area (Å²) < 4.78 is 1.23. The number of hydrogen-bond donors (Lipinski definition) is 2. The Bertz CT molecular complexity index is 710. The maximum absolute atomic E-state index is 12.4. The van der Waals surface area contributed by atoms with Crippen molar-refractivity contribution in [3.8, 4) is 0 Å². The Morgan fingerprint density at radius 3 is 2.64 bits per heavy atom. The molecule has 0 saturated heterocycles. The summed E-state index contributed by atoms with van der Waals surface area (Å²) in [4.78, 5) is 23.0. The van der Waals surface area contributed by atoms with Crippen molar-refractivity contribution in [3.63, 3.8) is 0 Å². The van der Waals surface area contributed by atoms with E-state index in [1.807, 2.05) is 32.0 Å². The van der Waals surface area contributed by atoms with Crippen LogP contribution in [0, 0.1) is 5.41 Å². The SMILES string of the molecule is CC(C)(CCCc1ccccc1)C(=O)NCc1cn(CC(=O)O)nn1. The third kappa shape index (κ3) is 6.02. The first kappa shape index (κ1) is 18.6. The molecular formula is C18H24N4O3. The van der Waals surface area contributed by atoms with Gasteiger partial charge in [0.25, 0.3) is 0 Å². The predicted octanol–water partition coefficient (Wildman–Crippen LogP) is 2.03. The molecule has 134 valence electrons. The summed E-state index contributed by atoms with van der Waals surface area (Å²) in [6.45, 7) is 3.84. The zero-order chi connectivity index (χ0) is 18.3. The number of carboxylic acids is 1. The molecule has 1 aromatic heterocycles. The second-order valence-corrected chi connectivity index (χ2v) is 6.71. The van der Waals surface area contributed by atoms with Crippen molar-refractivity contribution in [2.75, 3.05) is 0 Å². The van der Waals surface area contributed by atoms with E-state index in [0.717, 1.165) is 19.3 Å². The largest absolute Gasteiger partial charge is 0.480 e. The lowest BCUT2D eigenvalue weighted by molar-refractivity contribution is -0.138. The maximum Gasteiger partial charge on any atom is 0.325 e. The highest BCUT2D eigenvalue weighted by Gasteiger charge is 2.26. The molecule has 1 heterocycles. The number of benzene rings is 1. The van der Waals surface area contributed by atoms with Crippen LogP contribution in [-0.4, -0.2) is 32.0 Å². The number of nitrogens with zero attached hydrogens (tertiary/aromatic N) is 3. The zero-order valence-electron chi connectivity index (χ0n) is 14.6. The number of carbonyl (C=O) groups excluding carboxylic acids is 1. The van der Waals surface area contributed by atoms with Crippen LogP contribution < -0.4 is 5.32 Å². The van der Waals surface area contributed by atoms with E-state index in [9.17, 15) is 9.59 Å². The van der Waals surface area contributed by atoms with Gasteiger partial charge in [0.2, 0.25) is 5.91 Å².